The van der Waals surface area contributed by atoms with E-state index in [2.05, 4.69) is 195 Å². The molecule has 15 aromatic rings. The first-order valence-electron chi connectivity index (χ1n) is 42.9. The molecule has 24 heteroatoms. The summed E-state index contributed by atoms with van der Waals surface area (Å²) in [7, 11) is -1.55. The van der Waals surface area contributed by atoms with Crippen molar-refractivity contribution in [1.82, 2.24) is 54.4 Å². The van der Waals surface area contributed by atoms with Gasteiger partial charge in [-0.15, -0.1) is 0 Å². The Labute approximate surface area is 764 Å². The van der Waals surface area contributed by atoms with E-state index < -0.39 is 21.9 Å². The number of phenolic OH excluding ortho intramolecular Hbond substituents is 1. The summed E-state index contributed by atoms with van der Waals surface area (Å²) in [5.41, 5.74) is 20.2. The number of aromatic amines is 7. The SMILES string of the molecule is C.C.C.C.C.C.CC(C)c1c[nH]c2ccc(=O)[nH]c12.CC(C)c1c[nH]c2ccc(F)cc12.CC(C)c1c[nH]c2ccc(NS(C)(=O)=O)cc12.CC(C)c1c[nH]c2ccc(O)cc12.CC(C)c1c[nH]c2ccccc12.CC(C)n1nc(C(C)(F)F)c2c1CCCC2.CC1CCCc2c(C(C)(F)F)nn(C(C)C)c21.COc1cc2[nH]cc(C(C)C)c2cc1OCc1ccccc1. The van der Waals surface area contributed by atoms with E-state index in [0.717, 1.165) is 159 Å². The topological polar surface area (TPSA) is 248 Å². The summed E-state index contributed by atoms with van der Waals surface area (Å²) in [6.45, 7) is 38.2. The van der Waals surface area contributed by atoms with Gasteiger partial charge in [-0.3, -0.25) is 18.9 Å². The Bertz CT molecular complexity index is 6070. The molecule has 0 fully saturated rings. The number of methoxy groups -OCH3 is 1. The van der Waals surface area contributed by atoms with Gasteiger partial charge in [0.25, 0.3) is 11.8 Å². The fourth-order valence-electron chi connectivity index (χ4n) is 15.9. The number of para-hydroxylation sites is 1. The van der Waals surface area contributed by atoms with Crippen molar-refractivity contribution < 1.29 is 45.0 Å². The van der Waals surface area contributed by atoms with Gasteiger partial charge in [0.2, 0.25) is 15.6 Å². The first-order valence-corrected chi connectivity index (χ1v) is 44.8. The number of halogens is 5. The second-order valence-electron chi connectivity index (χ2n) is 34.8. The zero-order valence-corrected chi connectivity index (χ0v) is 75.9. The molecule has 1 unspecified atom stereocenters. The molecule has 0 aliphatic heterocycles. The van der Waals surface area contributed by atoms with Crippen LogP contribution in [0.15, 0.2) is 175 Å². The number of alkyl halides is 4. The van der Waals surface area contributed by atoms with E-state index in [-0.39, 0.29) is 79.4 Å². The van der Waals surface area contributed by atoms with Gasteiger partial charge >= 0.3 is 0 Å². The largest absolute Gasteiger partial charge is 0.508 e. The second kappa shape index (κ2) is 47.9. The van der Waals surface area contributed by atoms with Crippen LogP contribution in [0.25, 0.3) is 65.5 Å². The molecule has 129 heavy (non-hydrogen) atoms. The number of pyridine rings is 1. The van der Waals surface area contributed by atoms with Gasteiger partial charge in [-0.1, -0.05) is 183 Å². The third-order valence-corrected chi connectivity index (χ3v) is 22.8. The van der Waals surface area contributed by atoms with Crippen LogP contribution in [-0.4, -0.2) is 81.3 Å². The number of nitrogens with zero attached hydrogens (tertiary/aromatic N) is 4. The molecule has 0 amide bonds. The van der Waals surface area contributed by atoms with Crippen molar-refractivity contribution >= 4 is 81.3 Å². The minimum atomic E-state index is -3.22. The molecule has 2 aliphatic carbocycles. The van der Waals surface area contributed by atoms with Crippen LogP contribution in [0.1, 0.15) is 328 Å². The molecule has 0 spiro atoms. The zero-order valence-electron chi connectivity index (χ0n) is 75.1. The van der Waals surface area contributed by atoms with Crippen LogP contribution in [0.2, 0.25) is 0 Å². The minimum absolute atomic E-state index is 0. The van der Waals surface area contributed by atoms with Gasteiger partial charge in [0.05, 0.1) is 24.4 Å². The third kappa shape index (κ3) is 27.9. The number of rotatable bonds is 16. The quantitative estimate of drug-likeness (QED) is 0.0420. The summed E-state index contributed by atoms with van der Waals surface area (Å²) in [5, 5.41) is 23.4. The summed E-state index contributed by atoms with van der Waals surface area (Å²) in [4.78, 5) is 33.1. The number of sulfonamides is 1. The van der Waals surface area contributed by atoms with Gasteiger partial charge in [-0.25, -0.2) is 12.8 Å². The molecule has 1 atom stereocenters. The van der Waals surface area contributed by atoms with Crippen molar-refractivity contribution in [2.75, 3.05) is 18.1 Å². The van der Waals surface area contributed by atoms with E-state index in [1.807, 2.05) is 94.9 Å². The van der Waals surface area contributed by atoms with E-state index in [1.165, 1.54) is 56.2 Å². The molecule has 0 bridgehead atoms. The maximum atomic E-state index is 13.6. The molecule has 6 aromatic carbocycles. The number of fused-ring (bicyclic) bond motifs is 8. The van der Waals surface area contributed by atoms with Crippen LogP contribution < -0.4 is 19.8 Å². The van der Waals surface area contributed by atoms with Crippen LogP contribution in [0.4, 0.5) is 27.6 Å². The Morgan fingerprint density at radius 2 is 0.907 bits per heavy atom. The molecule has 9 N–H and O–H groups in total. The number of anilines is 1. The van der Waals surface area contributed by atoms with Gasteiger partial charge in [0.15, 0.2) is 11.5 Å². The average molecular weight is 1800 g/mol. The first kappa shape index (κ1) is 110. The van der Waals surface area contributed by atoms with E-state index >= 15 is 0 Å². The monoisotopic (exact) mass is 1800 g/mol. The Morgan fingerprint density at radius 1 is 0.481 bits per heavy atom. The van der Waals surface area contributed by atoms with Crippen LogP contribution in [-0.2, 0) is 47.7 Å². The van der Waals surface area contributed by atoms with Gasteiger partial charge in [0.1, 0.15) is 29.6 Å². The number of benzene rings is 6. The van der Waals surface area contributed by atoms with Gasteiger partial charge in [0, 0.05) is 158 Å². The number of aromatic hydroxyl groups is 1. The molecule has 9 aromatic heterocycles. The fourth-order valence-corrected chi connectivity index (χ4v) is 16.5. The van der Waals surface area contributed by atoms with E-state index in [9.17, 15) is 40.3 Å². The highest BCUT2D eigenvalue weighted by Crippen LogP contribution is 2.42. The van der Waals surface area contributed by atoms with Crippen molar-refractivity contribution in [2.45, 2.75) is 293 Å². The van der Waals surface area contributed by atoms with Crippen LogP contribution in [0.3, 0.4) is 0 Å². The first-order chi connectivity index (χ1) is 58.1. The predicted octanol–water partition coefficient (Wildman–Crippen LogP) is 30.5. The number of ether oxygens (including phenoxy) is 2. The number of hydrogen-bond acceptors (Lipinski definition) is 8. The maximum Gasteiger partial charge on any atom is 0.289 e. The Balaban J connectivity index is 0.000000309. The lowest BCUT2D eigenvalue weighted by atomic mass is 9.87. The second-order valence-corrected chi connectivity index (χ2v) is 36.5. The number of aromatic nitrogens is 11. The van der Waals surface area contributed by atoms with Crippen LogP contribution >= 0.6 is 0 Å². The summed E-state index contributed by atoms with van der Waals surface area (Å²) in [6, 6.07) is 42.0. The molecule has 18 nitrogen and oxygen atoms in total. The fraction of sp³-hybridized carbons (Fsp3) is 0.438. The molecule has 0 saturated heterocycles. The zero-order chi connectivity index (χ0) is 89.7. The molecular formula is C105H149F5N12O6S. The van der Waals surface area contributed by atoms with Gasteiger partial charge < -0.3 is 49.5 Å². The molecule has 0 saturated carbocycles. The molecule has 706 valence electrons. The predicted molar refractivity (Wildman–Crippen MR) is 535 cm³/mol. The Morgan fingerprint density at radius 3 is 1.43 bits per heavy atom. The number of hydrogen-bond donors (Lipinski definition) is 9. The van der Waals surface area contributed by atoms with Crippen molar-refractivity contribution in [1.29, 1.82) is 0 Å². The van der Waals surface area contributed by atoms with Crippen molar-refractivity contribution in [2.24, 2.45) is 0 Å². The standard InChI is InChI=1S/C19H21NO2.C13H20F2N2.C12H18F2N2.C12H16N2O2S.C11H12FN.C11H13NO.C11H13N.C10H12N2O.6CH4/c1-13(2)16-11-20-17-10-18(21-3)19(9-15(16)17)22-12-14-7-5-4-6-8-14;1-8(2)17-11-9(3)6-5-7-10(11)12(16-17)13(4,14)15;1-8(2)16-10-7-5-4-6-9(10)11(15-16)12(3,13)14;1-8(2)11-7-13-12-5-4-9(6-10(11)12)14-17(3,15)16;1-7(2)10-6-13-11-4-3-8(12)5-9(10)11;1-7(2)10-6-12-11-4-3-8(13)5-9(10)11;1-8(2)10-7-12-11-6-4-3-5-9(10)11;1-6(2)7-5-11-8-3-4-9(13)12-10(7)8;;;;;;/h4-11,13,20H,12H2,1-3H3;8-9H,5-7H2,1-4H3;8H,4-7H2,1-3H3;4-8,13-14H,1-3H3;3-7,13H,1-2H3;3-7,12-13H,1-2H3;3-8,12H,1-2H3;3-6,11H,1-2H3,(H,12,13);6*1H4. The summed E-state index contributed by atoms with van der Waals surface area (Å²) in [5.74, 6) is -0.836. The molecule has 17 rings (SSSR count). The Hall–Kier alpha value is -11.3. The van der Waals surface area contributed by atoms with Crippen molar-refractivity contribution in [3.8, 4) is 17.2 Å². The smallest absolute Gasteiger partial charge is 0.289 e. The number of H-pyrrole nitrogens is 7. The maximum absolute atomic E-state index is 13.6. The van der Waals surface area contributed by atoms with E-state index in [4.69, 9.17) is 9.47 Å². The van der Waals surface area contributed by atoms with Gasteiger partial charge in [-0.2, -0.15) is 27.8 Å². The highest BCUT2D eigenvalue weighted by atomic mass is 32.2. The highest BCUT2D eigenvalue weighted by molar-refractivity contribution is 7.92. The minimum Gasteiger partial charge on any atom is -0.508 e. The van der Waals surface area contributed by atoms with E-state index in [1.54, 1.807) is 52.9 Å². The molecular weight excluding hydrogens is 1650 g/mol. The molecule has 0 radical (unpaired) electrons. The molecule has 9 heterocycles. The normalized spacial score (nSPS) is 12.8. The lowest BCUT2D eigenvalue weighted by Gasteiger charge is -2.22. The van der Waals surface area contributed by atoms with Crippen molar-refractivity contribution in [3.05, 3.63) is 260 Å². The lowest BCUT2D eigenvalue weighted by molar-refractivity contribution is 0.0104. The van der Waals surface area contributed by atoms with E-state index in [0.29, 0.717) is 59.5 Å². The average Bonchev–Trinajstić information content (AvgIpc) is 1.61. The van der Waals surface area contributed by atoms with Crippen molar-refractivity contribution in [3.63, 3.8) is 0 Å². The lowest BCUT2D eigenvalue weighted by Crippen LogP contribution is -2.14. The Kier molecular flexibility index (Phi) is 40.8. The van der Waals surface area contributed by atoms with Crippen LogP contribution in [0.5, 0.6) is 17.2 Å². The summed E-state index contributed by atoms with van der Waals surface area (Å²) < 4.78 is 107. The van der Waals surface area contributed by atoms with Crippen LogP contribution in [0, 0.1) is 5.82 Å². The molecule has 2 aliphatic rings. The van der Waals surface area contributed by atoms with Gasteiger partial charge in [-0.05, 0) is 226 Å². The summed E-state index contributed by atoms with van der Waals surface area (Å²) >= 11 is 0. The third-order valence-electron chi connectivity index (χ3n) is 22.2. The highest BCUT2D eigenvalue weighted by Gasteiger charge is 2.38. The summed E-state index contributed by atoms with van der Waals surface area (Å²) in [6.07, 6.45) is 19.7. The number of nitrogens with one attached hydrogen (secondary N) is 8. The number of phenols is 1.